The van der Waals surface area contributed by atoms with Crippen LogP contribution >= 0.6 is 0 Å². The van der Waals surface area contributed by atoms with E-state index in [-0.39, 0.29) is 18.1 Å². The van der Waals surface area contributed by atoms with E-state index < -0.39 is 6.61 Å². The topological polar surface area (TPSA) is 56.2 Å². The summed E-state index contributed by atoms with van der Waals surface area (Å²) in [7, 11) is 0. The van der Waals surface area contributed by atoms with Crippen LogP contribution in [0.2, 0.25) is 0 Å². The molecule has 1 aromatic heterocycles. The minimum atomic E-state index is -2.85. The lowest BCUT2D eigenvalue weighted by atomic mass is 10.1. The van der Waals surface area contributed by atoms with Gasteiger partial charge in [0.2, 0.25) is 5.91 Å². The van der Waals surface area contributed by atoms with Gasteiger partial charge in [-0.25, -0.2) is 4.68 Å². The number of carbonyl (C=O) groups is 1. The molecule has 0 unspecified atom stereocenters. The number of hydrogen-bond donors (Lipinski definition) is 1. The van der Waals surface area contributed by atoms with E-state index in [4.69, 9.17) is 0 Å². The van der Waals surface area contributed by atoms with E-state index in [1.165, 1.54) is 17.7 Å². The first-order chi connectivity index (χ1) is 13.5. The van der Waals surface area contributed by atoms with Crippen molar-refractivity contribution in [3.05, 3.63) is 77.5 Å². The average Bonchev–Trinajstić information content (AvgIpc) is 3.09. The summed E-state index contributed by atoms with van der Waals surface area (Å²) in [5.41, 5.74) is 3.15. The van der Waals surface area contributed by atoms with Gasteiger partial charge in [-0.2, -0.15) is 13.9 Å². The smallest absolute Gasteiger partial charge is 0.387 e. The zero-order valence-electron chi connectivity index (χ0n) is 15.4. The maximum atomic E-state index is 12.3. The number of halogens is 2. The molecule has 0 atom stereocenters. The van der Waals surface area contributed by atoms with Gasteiger partial charge in [-0.05, 0) is 36.6 Å². The second-order valence-corrected chi connectivity index (χ2v) is 6.43. The monoisotopic (exact) mass is 385 g/mol. The molecule has 146 valence electrons. The predicted octanol–water partition coefficient (Wildman–Crippen LogP) is 4.41. The molecule has 1 heterocycles. The number of ether oxygens (including phenoxy) is 1. The fourth-order valence-corrected chi connectivity index (χ4v) is 2.73. The summed E-state index contributed by atoms with van der Waals surface area (Å²) >= 11 is 0. The van der Waals surface area contributed by atoms with E-state index >= 15 is 0 Å². The number of nitrogens with one attached hydrogen (secondary N) is 1. The Balaban J connectivity index is 1.52. The summed E-state index contributed by atoms with van der Waals surface area (Å²) < 4.78 is 30.4. The molecule has 0 spiro atoms. The van der Waals surface area contributed by atoms with Crippen molar-refractivity contribution in [2.24, 2.45) is 0 Å². The van der Waals surface area contributed by atoms with Crippen LogP contribution in [-0.4, -0.2) is 22.3 Å². The summed E-state index contributed by atoms with van der Waals surface area (Å²) in [5, 5.41) is 7.13. The molecule has 0 radical (unpaired) electrons. The highest BCUT2D eigenvalue weighted by molar-refractivity contribution is 5.89. The van der Waals surface area contributed by atoms with Crippen LogP contribution in [0.5, 0.6) is 5.75 Å². The normalized spacial score (nSPS) is 10.9. The van der Waals surface area contributed by atoms with Crippen LogP contribution in [0.1, 0.15) is 23.1 Å². The molecule has 1 amide bonds. The van der Waals surface area contributed by atoms with Crippen molar-refractivity contribution in [3.8, 4) is 5.75 Å². The lowest BCUT2D eigenvalue weighted by molar-refractivity contribution is -0.116. The lowest BCUT2D eigenvalue weighted by Gasteiger charge is -2.10. The first kappa shape index (κ1) is 19.5. The molecule has 2 aromatic carbocycles. The third kappa shape index (κ3) is 5.64. The van der Waals surface area contributed by atoms with Gasteiger partial charge in [0.25, 0.3) is 0 Å². The van der Waals surface area contributed by atoms with Crippen molar-refractivity contribution in [2.75, 3.05) is 5.32 Å². The molecule has 3 aromatic rings. The zero-order chi connectivity index (χ0) is 19.9. The Labute approximate surface area is 161 Å². The van der Waals surface area contributed by atoms with Gasteiger partial charge in [0.15, 0.2) is 0 Å². The number of anilines is 1. The number of hydrogen-bond acceptors (Lipinski definition) is 3. The van der Waals surface area contributed by atoms with Gasteiger partial charge in [-0.15, -0.1) is 0 Å². The molecule has 0 aliphatic rings. The molecule has 0 bridgehead atoms. The van der Waals surface area contributed by atoms with E-state index in [1.807, 2.05) is 31.2 Å². The number of aryl methyl sites for hydroxylation is 2. The van der Waals surface area contributed by atoms with Crippen LogP contribution < -0.4 is 10.1 Å². The maximum Gasteiger partial charge on any atom is 0.387 e. The predicted molar refractivity (Wildman–Crippen MR) is 103 cm³/mol. The number of alkyl halides is 2. The first-order valence-corrected chi connectivity index (χ1v) is 8.90. The molecule has 1 N–H and O–H groups in total. The summed E-state index contributed by atoms with van der Waals surface area (Å²) in [6.45, 7) is -0.251. The number of nitrogens with zero attached hydrogens (tertiary/aromatic N) is 2. The number of benzene rings is 2. The molecule has 5 nitrogen and oxygen atoms in total. The molecule has 7 heteroatoms. The largest absolute Gasteiger partial charge is 0.435 e. The van der Waals surface area contributed by atoms with Crippen molar-refractivity contribution in [3.63, 3.8) is 0 Å². The van der Waals surface area contributed by atoms with Crippen molar-refractivity contribution in [1.82, 2.24) is 9.78 Å². The van der Waals surface area contributed by atoms with Gasteiger partial charge in [-0.1, -0.05) is 42.0 Å². The Morgan fingerprint density at radius 1 is 1.07 bits per heavy atom. The summed E-state index contributed by atoms with van der Waals surface area (Å²) in [5.74, 6) is 0.591. The van der Waals surface area contributed by atoms with Gasteiger partial charge < -0.3 is 10.1 Å². The molecular formula is C21H21F2N3O2. The molecular weight excluding hydrogens is 364 g/mol. The average molecular weight is 385 g/mol. The highest BCUT2D eigenvalue weighted by Gasteiger charge is 2.09. The second kappa shape index (κ2) is 9.12. The van der Waals surface area contributed by atoms with E-state index in [2.05, 4.69) is 15.2 Å². The Morgan fingerprint density at radius 3 is 2.43 bits per heavy atom. The maximum absolute atomic E-state index is 12.3. The van der Waals surface area contributed by atoms with Crippen LogP contribution in [0, 0.1) is 6.92 Å². The van der Waals surface area contributed by atoms with Gasteiger partial charge >= 0.3 is 6.61 Å². The number of carbonyl (C=O) groups excluding carboxylic acids is 1. The molecule has 28 heavy (non-hydrogen) atoms. The van der Waals surface area contributed by atoms with E-state index in [0.717, 1.165) is 11.1 Å². The number of aromatic nitrogens is 2. The second-order valence-electron chi connectivity index (χ2n) is 6.43. The Morgan fingerprint density at radius 2 is 1.75 bits per heavy atom. The molecule has 0 aliphatic carbocycles. The number of rotatable bonds is 8. The Bertz CT molecular complexity index is 906. The molecule has 0 saturated carbocycles. The Hall–Kier alpha value is -3.22. The van der Waals surface area contributed by atoms with Crippen molar-refractivity contribution in [1.29, 1.82) is 0 Å². The van der Waals surface area contributed by atoms with Crippen molar-refractivity contribution < 1.29 is 18.3 Å². The summed E-state index contributed by atoms with van der Waals surface area (Å²) in [6.07, 6.45) is 2.41. The molecule has 0 saturated heterocycles. The van der Waals surface area contributed by atoms with Crippen LogP contribution in [0.15, 0.2) is 60.8 Å². The highest BCUT2D eigenvalue weighted by Crippen LogP contribution is 2.16. The fourth-order valence-electron chi connectivity index (χ4n) is 2.73. The zero-order valence-corrected chi connectivity index (χ0v) is 15.4. The fraction of sp³-hybridized carbons (Fsp3) is 0.238. The van der Waals surface area contributed by atoms with E-state index in [1.54, 1.807) is 29.1 Å². The molecule has 0 aliphatic heterocycles. The summed E-state index contributed by atoms with van der Waals surface area (Å²) in [6, 6.07) is 16.2. The van der Waals surface area contributed by atoms with E-state index in [0.29, 0.717) is 18.8 Å². The minimum Gasteiger partial charge on any atom is -0.435 e. The quantitative estimate of drug-likeness (QED) is 0.625. The summed E-state index contributed by atoms with van der Waals surface area (Å²) in [4.78, 5) is 12.3. The first-order valence-electron chi connectivity index (χ1n) is 8.90. The van der Waals surface area contributed by atoms with Crippen LogP contribution in [0.4, 0.5) is 14.6 Å². The highest BCUT2D eigenvalue weighted by atomic mass is 19.3. The van der Waals surface area contributed by atoms with Crippen molar-refractivity contribution >= 4 is 11.7 Å². The minimum absolute atomic E-state index is 0.100. The van der Waals surface area contributed by atoms with Gasteiger partial charge in [0, 0.05) is 12.5 Å². The van der Waals surface area contributed by atoms with Gasteiger partial charge in [-0.3, -0.25) is 4.79 Å². The third-order valence-corrected chi connectivity index (χ3v) is 4.23. The lowest BCUT2D eigenvalue weighted by Crippen LogP contribution is -2.16. The SMILES string of the molecule is Cc1ccc(Cn2nccc2NC(=O)CCc2ccc(OC(F)F)cc2)cc1. The molecule has 0 fully saturated rings. The van der Waals surface area contributed by atoms with Gasteiger partial charge in [0.1, 0.15) is 11.6 Å². The Kier molecular flexibility index (Phi) is 6.37. The van der Waals surface area contributed by atoms with Crippen LogP contribution in [0.25, 0.3) is 0 Å². The standard InChI is InChI=1S/C21H21F2N3O2/c1-15-2-4-17(5-3-15)14-26-19(12-13-24-26)25-20(27)11-8-16-6-9-18(10-7-16)28-21(22)23/h2-7,9-10,12-13,21H,8,11,14H2,1H3,(H,25,27). The van der Waals surface area contributed by atoms with Crippen LogP contribution in [0.3, 0.4) is 0 Å². The van der Waals surface area contributed by atoms with E-state index in [9.17, 15) is 13.6 Å². The third-order valence-electron chi connectivity index (χ3n) is 4.23. The van der Waals surface area contributed by atoms with Gasteiger partial charge in [0.05, 0.1) is 12.7 Å². The van der Waals surface area contributed by atoms with Crippen LogP contribution in [-0.2, 0) is 17.8 Å². The molecule has 3 rings (SSSR count). The number of amides is 1. The van der Waals surface area contributed by atoms with Crippen molar-refractivity contribution in [2.45, 2.75) is 32.9 Å².